The zero-order chi connectivity index (χ0) is 18.6. The van der Waals surface area contributed by atoms with Crippen LogP contribution >= 0.6 is 15.9 Å². The summed E-state index contributed by atoms with van der Waals surface area (Å²) in [6, 6.07) is 10.9. The molecule has 0 unspecified atom stereocenters. The first kappa shape index (κ1) is 19.1. The molecule has 2 rings (SSSR count). The highest BCUT2D eigenvalue weighted by atomic mass is 79.9. The summed E-state index contributed by atoms with van der Waals surface area (Å²) in [5.41, 5.74) is 1.08. The van der Waals surface area contributed by atoms with Crippen molar-refractivity contribution in [2.75, 3.05) is 4.72 Å². The third-order valence-corrected chi connectivity index (χ3v) is 5.46. The van der Waals surface area contributed by atoms with Crippen LogP contribution in [0.5, 0.6) is 0 Å². The topological polar surface area (TPSA) is 101 Å². The second kappa shape index (κ2) is 7.79. The summed E-state index contributed by atoms with van der Waals surface area (Å²) < 4.78 is 28.2. The Labute approximate surface area is 154 Å². The minimum absolute atomic E-state index is 0.129. The number of carbonyl (C=O) groups excluding carboxylic acids is 1. The van der Waals surface area contributed by atoms with Gasteiger partial charge in [0.1, 0.15) is 0 Å². The van der Waals surface area contributed by atoms with Gasteiger partial charge >= 0.3 is 5.97 Å². The molecule has 25 heavy (non-hydrogen) atoms. The quantitative estimate of drug-likeness (QED) is 0.659. The van der Waals surface area contributed by atoms with Gasteiger partial charge in [0.25, 0.3) is 10.0 Å². The van der Waals surface area contributed by atoms with E-state index in [0.717, 1.165) is 0 Å². The van der Waals surface area contributed by atoms with Gasteiger partial charge in [-0.3, -0.25) is 14.3 Å². The summed E-state index contributed by atoms with van der Waals surface area (Å²) in [6.07, 6.45) is -0.414. The lowest BCUT2D eigenvalue weighted by Crippen LogP contribution is -2.14. The molecule has 2 aromatic rings. The van der Waals surface area contributed by atoms with E-state index in [0.29, 0.717) is 10.0 Å². The van der Waals surface area contributed by atoms with Crippen molar-refractivity contribution in [3.63, 3.8) is 0 Å². The number of carboxylic acid groups (broad SMARTS) is 1. The molecule has 132 valence electrons. The molecule has 0 atom stereocenters. The maximum atomic E-state index is 12.6. The van der Waals surface area contributed by atoms with Crippen LogP contribution in [0, 0.1) is 6.92 Å². The number of benzene rings is 2. The highest BCUT2D eigenvalue weighted by Gasteiger charge is 2.18. The molecular formula is C17H16BrNO5S. The summed E-state index contributed by atoms with van der Waals surface area (Å²) in [6.45, 7) is 1.69. The van der Waals surface area contributed by atoms with E-state index >= 15 is 0 Å². The Hall–Kier alpha value is -2.19. The zero-order valence-corrected chi connectivity index (χ0v) is 15.7. The number of halogens is 1. The fraction of sp³-hybridized carbons (Fsp3) is 0.176. The van der Waals surface area contributed by atoms with Gasteiger partial charge < -0.3 is 5.11 Å². The molecule has 2 aromatic carbocycles. The number of carboxylic acids is 1. The number of Topliss-reactive ketones (excluding diaryl/α,β-unsaturated/α-hetero) is 1. The lowest BCUT2D eigenvalue weighted by molar-refractivity contribution is -0.136. The van der Waals surface area contributed by atoms with Gasteiger partial charge in [-0.2, -0.15) is 0 Å². The summed E-state index contributed by atoms with van der Waals surface area (Å²) in [5.74, 6) is -1.42. The maximum absolute atomic E-state index is 12.6. The molecule has 0 aliphatic carbocycles. The van der Waals surface area contributed by atoms with Gasteiger partial charge in [0.15, 0.2) is 5.78 Å². The lowest BCUT2D eigenvalue weighted by Gasteiger charge is -2.11. The number of aryl methyl sites for hydroxylation is 1. The van der Waals surface area contributed by atoms with Crippen molar-refractivity contribution >= 4 is 43.4 Å². The molecule has 0 aliphatic rings. The lowest BCUT2D eigenvalue weighted by atomic mass is 10.1. The van der Waals surface area contributed by atoms with Crippen molar-refractivity contribution in [2.45, 2.75) is 24.7 Å². The van der Waals surface area contributed by atoms with Crippen LogP contribution in [0.1, 0.15) is 28.8 Å². The highest BCUT2D eigenvalue weighted by Crippen LogP contribution is 2.23. The summed E-state index contributed by atoms with van der Waals surface area (Å²) in [7, 11) is -3.82. The predicted octanol–water partition coefficient (Wildman–Crippen LogP) is 3.61. The van der Waals surface area contributed by atoms with Crippen molar-refractivity contribution in [1.82, 2.24) is 0 Å². The standard InChI is InChI=1S/C17H16BrNO5S/c1-11-5-6-13(18)10-16(11)25(23,24)19-14-4-2-3-12(9-14)15(20)7-8-17(21)22/h2-6,9-10,19H,7-8H2,1H3,(H,21,22). The Bertz CT molecular complexity index is 924. The van der Waals surface area contributed by atoms with E-state index in [1.165, 1.54) is 24.3 Å². The van der Waals surface area contributed by atoms with Crippen LogP contribution in [0.4, 0.5) is 5.69 Å². The van der Waals surface area contributed by atoms with Crippen molar-refractivity contribution in [2.24, 2.45) is 0 Å². The maximum Gasteiger partial charge on any atom is 0.303 e. The van der Waals surface area contributed by atoms with E-state index in [2.05, 4.69) is 20.7 Å². The molecule has 8 heteroatoms. The fourth-order valence-corrected chi connectivity index (χ4v) is 4.03. The molecule has 2 N–H and O–H groups in total. The van der Waals surface area contributed by atoms with Crippen LogP contribution in [0.15, 0.2) is 51.8 Å². The number of anilines is 1. The Kier molecular flexibility index (Phi) is 5.97. The molecule has 0 radical (unpaired) electrons. The second-order valence-corrected chi connectivity index (χ2v) is 7.98. The van der Waals surface area contributed by atoms with Gasteiger partial charge in [-0.15, -0.1) is 0 Å². The van der Waals surface area contributed by atoms with E-state index in [1.54, 1.807) is 25.1 Å². The Balaban J connectivity index is 2.25. The van der Waals surface area contributed by atoms with Gasteiger partial charge in [0.2, 0.25) is 0 Å². The number of hydrogen-bond donors (Lipinski definition) is 2. The van der Waals surface area contributed by atoms with E-state index in [9.17, 15) is 18.0 Å². The number of ketones is 1. The third kappa shape index (κ3) is 5.14. The molecule has 0 bridgehead atoms. The van der Waals surface area contributed by atoms with Crippen molar-refractivity contribution < 1.29 is 23.1 Å². The number of sulfonamides is 1. The van der Waals surface area contributed by atoms with Gasteiger partial charge in [0, 0.05) is 22.1 Å². The largest absolute Gasteiger partial charge is 0.481 e. The molecule has 0 amide bonds. The van der Waals surface area contributed by atoms with Crippen LogP contribution < -0.4 is 4.72 Å². The molecule has 0 aromatic heterocycles. The number of nitrogens with one attached hydrogen (secondary N) is 1. The SMILES string of the molecule is Cc1ccc(Br)cc1S(=O)(=O)Nc1cccc(C(=O)CCC(=O)O)c1. The molecule has 0 saturated heterocycles. The van der Waals surface area contributed by atoms with Crippen LogP contribution in [0.2, 0.25) is 0 Å². The van der Waals surface area contributed by atoms with Crippen LogP contribution in [-0.4, -0.2) is 25.3 Å². The number of aliphatic carboxylic acids is 1. The van der Waals surface area contributed by atoms with Gasteiger partial charge in [-0.1, -0.05) is 34.1 Å². The van der Waals surface area contributed by atoms with Gasteiger partial charge in [-0.25, -0.2) is 8.42 Å². The number of carbonyl (C=O) groups is 2. The van der Waals surface area contributed by atoms with Gasteiger partial charge in [-0.05, 0) is 36.8 Å². The predicted molar refractivity (Wildman–Crippen MR) is 97.3 cm³/mol. The first-order valence-corrected chi connectivity index (χ1v) is 9.61. The average Bonchev–Trinajstić information content (AvgIpc) is 2.54. The van der Waals surface area contributed by atoms with E-state index < -0.39 is 16.0 Å². The molecular weight excluding hydrogens is 410 g/mol. The van der Waals surface area contributed by atoms with E-state index in [4.69, 9.17) is 5.11 Å². The Morgan fingerprint density at radius 3 is 2.52 bits per heavy atom. The minimum Gasteiger partial charge on any atom is -0.481 e. The van der Waals surface area contributed by atoms with Crippen LogP contribution in [-0.2, 0) is 14.8 Å². The Morgan fingerprint density at radius 1 is 1.12 bits per heavy atom. The molecule has 0 heterocycles. The van der Waals surface area contributed by atoms with Crippen LogP contribution in [0.25, 0.3) is 0 Å². The summed E-state index contributed by atoms with van der Waals surface area (Å²) >= 11 is 3.25. The van der Waals surface area contributed by atoms with Crippen molar-refractivity contribution in [1.29, 1.82) is 0 Å². The Morgan fingerprint density at radius 2 is 1.84 bits per heavy atom. The van der Waals surface area contributed by atoms with Crippen LogP contribution in [0.3, 0.4) is 0 Å². The fourth-order valence-electron chi connectivity index (χ4n) is 2.19. The van der Waals surface area contributed by atoms with E-state index in [1.807, 2.05) is 0 Å². The van der Waals surface area contributed by atoms with Crippen molar-refractivity contribution in [3.8, 4) is 0 Å². The number of hydrogen-bond acceptors (Lipinski definition) is 4. The first-order valence-electron chi connectivity index (χ1n) is 7.33. The molecule has 6 nitrogen and oxygen atoms in total. The average molecular weight is 426 g/mol. The monoisotopic (exact) mass is 425 g/mol. The highest BCUT2D eigenvalue weighted by molar-refractivity contribution is 9.10. The second-order valence-electron chi connectivity index (χ2n) is 5.41. The summed E-state index contributed by atoms with van der Waals surface area (Å²) in [4.78, 5) is 22.7. The zero-order valence-electron chi connectivity index (χ0n) is 13.3. The van der Waals surface area contributed by atoms with Crippen molar-refractivity contribution in [3.05, 3.63) is 58.1 Å². The molecule has 0 spiro atoms. The molecule has 0 saturated carbocycles. The third-order valence-electron chi connectivity index (χ3n) is 3.44. The minimum atomic E-state index is -3.82. The molecule has 0 aliphatic heterocycles. The normalized spacial score (nSPS) is 11.1. The number of rotatable bonds is 7. The first-order chi connectivity index (χ1) is 11.7. The van der Waals surface area contributed by atoms with Gasteiger partial charge in [0.05, 0.1) is 11.3 Å². The summed E-state index contributed by atoms with van der Waals surface area (Å²) in [5, 5.41) is 8.64. The smallest absolute Gasteiger partial charge is 0.303 e. The van der Waals surface area contributed by atoms with E-state index in [-0.39, 0.29) is 34.8 Å². The molecule has 0 fully saturated rings.